The van der Waals surface area contributed by atoms with Crippen LogP contribution in [0.25, 0.3) is 0 Å². The summed E-state index contributed by atoms with van der Waals surface area (Å²) in [4.78, 5) is 10.5. The van der Waals surface area contributed by atoms with Crippen LogP contribution in [-0.4, -0.2) is 29.4 Å². The van der Waals surface area contributed by atoms with Crippen LogP contribution in [0.5, 0.6) is 0 Å². The Kier molecular flexibility index (Phi) is 2.04. The average molecular weight is 159 g/mol. The molecule has 11 heavy (non-hydrogen) atoms. The van der Waals surface area contributed by atoms with Gasteiger partial charge in [-0.15, -0.1) is 0 Å². The Morgan fingerprint density at radius 2 is 2.45 bits per heavy atom. The van der Waals surface area contributed by atoms with Crippen LogP contribution in [0.1, 0.15) is 20.3 Å². The maximum atomic E-state index is 10.5. The zero-order valence-corrected chi connectivity index (χ0v) is 6.76. The van der Waals surface area contributed by atoms with Crippen molar-refractivity contribution in [3.05, 3.63) is 0 Å². The fraction of sp³-hybridized carbons (Fsp3) is 0.857. The number of nitrogens with one attached hydrogen (secondary N) is 1. The minimum absolute atomic E-state index is 0.0394. The molecule has 1 atom stereocenters. The van der Waals surface area contributed by atoms with Gasteiger partial charge in [0.15, 0.2) is 0 Å². The summed E-state index contributed by atoms with van der Waals surface area (Å²) < 4.78 is 4.65. The van der Waals surface area contributed by atoms with Gasteiger partial charge in [0.25, 0.3) is 0 Å². The maximum Gasteiger partial charge on any atom is 0.407 e. The second-order valence-corrected chi connectivity index (χ2v) is 3.46. The lowest BCUT2D eigenvalue weighted by Crippen LogP contribution is -2.34. The molecule has 0 radical (unpaired) electrons. The molecule has 4 heteroatoms. The van der Waals surface area contributed by atoms with E-state index in [9.17, 15) is 9.90 Å². The smallest absolute Gasteiger partial charge is 0.407 e. The molecule has 1 rings (SSSR count). The van der Waals surface area contributed by atoms with Crippen molar-refractivity contribution in [2.24, 2.45) is 0 Å². The Balaban J connectivity index is 2.34. The SMILES string of the molecule is CC(C)(O)C[C@@H]1COC(=O)N1. The molecule has 1 aliphatic rings. The molecule has 1 amide bonds. The molecule has 0 aromatic rings. The van der Waals surface area contributed by atoms with Crippen LogP contribution < -0.4 is 5.32 Å². The first-order valence-electron chi connectivity index (χ1n) is 3.63. The van der Waals surface area contributed by atoms with E-state index in [1.54, 1.807) is 13.8 Å². The van der Waals surface area contributed by atoms with Gasteiger partial charge in [0, 0.05) is 0 Å². The van der Waals surface area contributed by atoms with Gasteiger partial charge in [-0.3, -0.25) is 0 Å². The largest absolute Gasteiger partial charge is 0.447 e. The third-order valence-electron chi connectivity index (χ3n) is 1.48. The third kappa shape index (κ3) is 2.76. The molecule has 0 unspecified atom stereocenters. The zero-order valence-electron chi connectivity index (χ0n) is 6.76. The van der Waals surface area contributed by atoms with Crippen molar-refractivity contribution in [1.82, 2.24) is 5.32 Å². The molecule has 0 saturated carbocycles. The number of alkyl carbamates (subject to hydrolysis) is 1. The Morgan fingerprint density at radius 3 is 2.82 bits per heavy atom. The summed E-state index contributed by atoms with van der Waals surface area (Å²) in [7, 11) is 0. The Morgan fingerprint density at radius 1 is 1.82 bits per heavy atom. The van der Waals surface area contributed by atoms with E-state index in [4.69, 9.17) is 0 Å². The van der Waals surface area contributed by atoms with E-state index in [1.165, 1.54) is 0 Å². The summed E-state index contributed by atoms with van der Waals surface area (Å²) in [5, 5.41) is 11.9. The highest BCUT2D eigenvalue weighted by Gasteiger charge is 2.27. The van der Waals surface area contributed by atoms with Gasteiger partial charge < -0.3 is 15.2 Å². The first-order chi connectivity index (χ1) is 4.97. The van der Waals surface area contributed by atoms with Crippen molar-refractivity contribution in [2.75, 3.05) is 6.61 Å². The van der Waals surface area contributed by atoms with Gasteiger partial charge in [-0.05, 0) is 20.3 Å². The van der Waals surface area contributed by atoms with Crippen LogP contribution in [0.4, 0.5) is 4.79 Å². The predicted octanol–water partition coefficient (Wildman–Crippen LogP) is 0.256. The Hall–Kier alpha value is -0.770. The standard InChI is InChI=1S/C7H13NO3/c1-7(2,10)3-5-4-11-6(9)8-5/h5,10H,3-4H2,1-2H3,(H,8,9)/t5-/m1/s1. The molecule has 0 aromatic carbocycles. The molecule has 64 valence electrons. The fourth-order valence-corrected chi connectivity index (χ4v) is 1.14. The van der Waals surface area contributed by atoms with Crippen LogP contribution >= 0.6 is 0 Å². The summed E-state index contributed by atoms with van der Waals surface area (Å²) in [6.07, 6.45) is 0.137. The van der Waals surface area contributed by atoms with Crippen LogP contribution in [0.3, 0.4) is 0 Å². The number of carbonyl (C=O) groups excluding carboxylic acids is 1. The topological polar surface area (TPSA) is 58.6 Å². The summed E-state index contributed by atoms with van der Waals surface area (Å²) in [5.74, 6) is 0. The molecule has 1 saturated heterocycles. The van der Waals surface area contributed by atoms with E-state index in [0.717, 1.165) is 0 Å². The number of carbonyl (C=O) groups is 1. The third-order valence-corrected chi connectivity index (χ3v) is 1.48. The quantitative estimate of drug-likeness (QED) is 0.607. The van der Waals surface area contributed by atoms with Gasteiger partial charge >= 0.3 is 6.09 Å². The molecule has 0 bridgehead atoms. The lowest BCUT2D eigenvalue weighted by molar-refractivity contribution is 0.0596. The highest BCUT2D eigenvalue weighted by molar-refractivity contribution is 5.69. The first-order valence-corrected chi connectivity index (χ1v) is 3.63. The number of rotatable bonds is 2. The molecule has 4 nitrogen and oxygen atoms in total. The van der Waals surface area contributed by atoms with Gasteiger partial charge in [0.1, 0.15) is 6.61 Å². The van der Waals surface area contributed by atoms with E-state index in [2.05, 4.69) is 10.1 Å². The fourth-order valence-electron chi connectivity index (χ4n) is 1.14. The highest BCUT2D eigenvalue weighted by atomic mass is 16.6. The Labute approximate surface area is 65.5 Å². The van der Waals surface area contributed by atoms with E-state index in [1.807, 2.05) is 0 Å². The second kappa shape index (κ2) is 2.70. The highest BCUT2D eigenvalue weighted by Crippen LogP contribution is 2.13. The van der Waals surface area contributed by atoms with Gasteiger partial charge in [-0.1, -0.05) is 0 Å². The van der Waals surface area contributed by atoms with Crippen LogP contribution in [0.15, 0.2) is 0 Å². The predicted molar refractivity (Wildman–Crippen MR) is 39.2 cm³/mol. The van der Waals surface area contributed by atoms with E-state index >= 15 is 0 Å². The van der Waals surface area contributed by atoms with E-state index in [0.29, 0.717) is 13.0 Å². The number of amides is 1. The number of hydrogen-bond donors (Lipinski definition) is 2. The molecule has 2 N–H and O–H groups in total. The van der Waals surface area contributed by atoms with Crippen molar-refractivity contribution < 1.29 is 14.6 Å². The maximum absolute atomic E-state index is 10.5. The summed E-state index contributed by atoms with van der Waals surface area (Å²) >= 11 is 0. The molecular weight excluding hydrogens is 146 g/mol. The van der Waals surface area contributed by atoms with E-state index < -0.39 is 5.60 Å². The van der Waals surface area contributed by atoms with Crippen LogP contribution in [0, 0.1) is 0 Å². The monoisotopic (exact) mass is 159 g/mol. The summed E-state index contributed by atoms with van der Waals surface area (Å²) in [6.45, 7) is 3.78. The van der Waals surface area contributed by atoms with Crippen LogP contribution in [-0.2, 0) is 4.74 Å². The van der Waals surface area contributed by atoms with Crippen molar-refractivity contribution in [2.45, 2.75) is 31.9 Å². The normalized spacial score (nSPS) is 24.6. The molecule has 0 aliphatic carbocycles. The lowest BCUT2D eigenvalue weighted by atomic mass is 10.0. The van der Waals surface area contributed by atoms with Crippen molar-refractivity contribution in [3.63, 3.8) is 0 Å². The summed E-state index contributed by atoms with van der Waals surface area (Å²) in [5.41, 5.74) is -0.744. The number of ether oxygens (including phenoxy) is 1. The number of hydrogen-bond acceptors (Lipinski definition) is 3. The van der Waals surface area contributed by atoms with Gasteiger partial charge in [-0.2, -0.15) is 0 Å². The second-order valence-electron chi connectivity index (χ2n) is 3.46. The van der Waals surface area contributed by atoms with Gasteiger partial charge in [0.2, 0.25) is 0 Å². The molecular formula is C7H13NO3. The van der Waals surface area contributed by atoms with E-state index in [-0.39, 0.29) is 12.1 Å². The van der Waals surface area contributed by atoms with Crippen molar-refractivity contribution in [3.8, 4) is 0 Å². The van der Waals surface area contributed by atoms with Gasteiger partial charge in [0.05, 0.1) is 11.6 Å². The number of aliphatic hydroxyl groups is 1. The van der Waals surface area contributed by atoms with Crippen LogP contribution in [0.2, 0.25) is 0 Å². The van der Waals surface area contributed by atoms with Crippen molar-refractivity contribution in [1.29, 1.82) is 0 Å². The molecule has 1 fully saturated rings. The minimum Gasteiger partial charge on any atom is -0.447 e. The molecule has 0 spiro atoms. The zero-order chi connectivity index (χ0) is 8.48. The summed E-state index contributed by atoms with van der Waals surface area (Å²) in [6, 6.07) is -0.0394. The lowest BCUT2D eigenvalue weighted by Gasteiger charge is -2.19. The van der Waals surface area contributed by atoms with Crippen molar-refractivity contribution >= 4 is 6.09 Å². The molecule has 1 aliphatic heterocycles. The number of cyclic esters (lactones) is 1. The Bertz CT molecular complexity index is 162. The van der Waals surface area contributed by atoms with Gasteiger partial charge in [-0.25, -0.2) is 4.79 Å². The minimum atomic E-state index is -0.744. The first kappa shape index (κ1) is 8.33. The molecule has 0 aromatic heterocycles. The average Bonchev–Trinajstić information content (AvgIpc) is 2.10. The molecule has 1 heterocycles.